The Morgan fingerprint density at radius 1 is 1.22 bits per heavy atom. The molecule has 2 fully saturated rings. The van der Waals surface area contributed by atoms with Gasteiger partial charge in [-0.15, -0.1) is 0 Å². The third kappa shape index (κ3) is 3.82. The SMILES string of the molecule is CC12CCSSCC3(CCCC4=C5CC1CC(CO)C1C(CCCO)C=CC(C4=O)C512)CCN=C(N)N3. The van der Waals surface area contributed by atoms with E-state index in [4.69, 9.17) is 5.73 Å². The summed E-state index contributed by atoms with van der Waals surface area (Å²) < 4.78 is 0. The monoisotopic (exact) mass is 545 g/mol. The zero-order valence-electron chi connectivity index (χ0n) is 22.1. The molecule has 2 saturated carbocycles. The van der Waals surface area contributed by atoms with Gasteiger partial charge in [-0.05, 0) is 92.4 Å². The van der Waals surface area contributed by atoms with E-state index in [1.165, 1.54) is 5.57 Å². The van der Waals surface area contributed by atoms with Crippen molar-refractivity contribution in [2.24, 2.45) is 51.1 Å². The van der Waals surface area contributed by atoms with Crippen LogP contribution in [0.1, 0.15) is 64.7 Å². The molecule has 2 heterocycles. The minimum absolute atomic E-state index is 0.0475. The molecule has 37 heavy (non-hydrogen) atoms. The Labute approximate surface area is 229 Å². The number of ketones is 1. The van der Waals surface area contributed by atoms with Gasteiger partial charge in [-0.25, -0.2) is 0 Å². The molecule has 6 aliphatic rings. The van der Waals surface area contributed by atoms with Crippen molar-refractivity contribution in [3.63, 3.8) is 0 Å². The molecule has 8 atom stereocenters. The average molecular weight is 546 g/mol. The number of nitrogens with two attached hydrogens (primary N) is 1. The van der Waals surface area contributed by atoms with Crippen LogP contribution in [-0.4, -0.2) is 58.8 Å². The molecule has 0 saturated heterocycles. The van der Waals surface area contributed by atoms with Crippen LogP contribution < -0.4 is 11.1 Å². The summed E-state index contributed by atoms with van der Waals surface area (Å²) in [6.45, 7) is 3.67. The van der Waals surface area contributed by atoms with Gasteiger partial charge in [0.2, 0.25) is 0 Å². The molecule has 6 rings (SSSR count). The second-order valence-corrected chi connectivity index (χ2v) is 15.3. The van der Waals surface area contributed by atoms with Crippen molar-refractivity contribution < 1.29 is 15.0 Å². The van der Waals surface area contributed by atoms with Crippen LogP contribution in [0, 0.1) is 40.4 Å². The number of hydrogen-bond acceptors (Lipinski definition) is 8. The van der Waals surface area contributed by atoms with Gasteiger partial charge in [0, 0.05) is 36.7 Å². The number of hydrogen-bond donors (Lipinski definition) is 4. The first kappa shape index (κ1) is 26.3. The molecule has 2 aliphatic heterocycles. The Bertz CT molecular complexity index is 1030. The quantitative estimate of drug-likeness (QED) is 0.311. The number of rotatable bonds is 4. The number of carbonyl (C=O) groups excluding carboxylic acids is 1. The van der Waals surface area contributed by atoms with Crippen molar-refractivity contribution in [3.05, 3.63) is 23.3 Å². The summed E-state index contributed by atoms with van der Waals surface area (Å²) in [5.41, 5.74) is 8.58. The van der Waals surface area contributed by atoms with Crippen molar-refractivity contribution in [2.75, 3.05) is 31.3 Å². The highest BCUT2D eigenvalue weighted by atomic mass is 33.1. The summed E-state index contributed by atoms with van der Waals surface area (Å²) in [7, 11) is 3.96. The first-order valence-corrected chi connectivity index (χ1v) is 16.9. The predicted molar refractivity (Wildman–Crippen MR) is 152 cm³/mol. The largest absolute Gasteiger partial charge is 0.396 e. The topological polar surface area (TPSA) is 108 Å². The number of nitrogens with one attached hydrogen (secondary N) is 1. The molecule has 0 amide bonds. The lowest BCUT2D eigenvalue weighted by Crippen LogP contribution is -2.59. The van der Waals surface area contributed by atoms with Gasteiger partial charge >= 0.3 is 0 Å². The number of nitrogens with zero attached hydrogens (tertiary/aromatic N) is 1. The minimum Gasteiger partial charge on any atom is -0.396 e. The van der Waals surface area contributed by atoms with Crippen molar-refractivity contribution in [2.45, 2.75) is 70.3 Å². The van der Waals surface area contributed by atoms with Crippen molar-refractivity contribution in [1.29, 1.82) is 0 Å². The van der Waals surface area contributed by atoms with Gasteiger partial charge in [0.1, 0.15) is 0 Å². The van der Waals surface area contributed by atoms with E-state index in [-0.39, 0.29) is 47.3 Å². The van der Waals surface area contributed by atoms with Crippen molar-refractivity contribution >= 4 is 33.3 Å². The van der Waals surface area contributed by atoms with Crippen LogP contribution in [0.25, 0.3) is 0 Å². The van der Waals surface area contributed by atoms with E-state index < -0.39 is 0 Å². The average Bonchev–Trinajstić information content (AvgIpc) is 3.17. The third-order valence-electron chi connectivity index (χ3n) is 11.3. The highest BCUT2D eigenvalue weighted by Crippen LogP contribution is 2.78. The van der Waals surface area contributed by atoms with Gasteiger partial charge in [-0.3, -0.25) is 9.79 Å². The van der Waals surface area contributed by atoms with E-state index >= 15 is 0 Å². The fraction of sp³-hybridized carbons (Fsp3) is 0.793. The molecule has 5 N–H and O–H groups in total. The zero-order valence-corrected chi connectivity index (χ0v) is 23.7. The number of carbonyl (C=O) groups is 1. The van der Waals surface area contributed by atoms with Gasteiger partial charge in [-0.1, -0.05) is 46.2 Å². The first-order chi connectivity index (χ1) is 17.9. The number of aliphatic imine (C=N–C) groups is 1. The molecule has 5 bridgehead atoms. The summed E-state index contributed by atoms with van der Waals surface area (Å²) in [6.07, 6.45) is 13.3. The van der Waals surface area contributed by atoms with Crippen LogP contribution in [0.2, 0.25) is 0 Å². The molecular formula is C29H43N3O3S2. The second kappa shape index (κ2) is 9.90. The molecule has 0 radical (unpaired) electrons. The number of Topliss-reactive ketones (excluding diaryl/α,β-unsaturated/α-hetero) is 1. The van der Waals surface area contributed by atoms with E-state index in [0.29, 0.717) is 23.6 Å². The van der Waals surface area contributed by atoms with Gasteiger partial charge in [-0.2, -0.15) is 0 Å². The Hall–Kier alpha value is -0.960. The molecule has 0 aromatic carbocycles. The maximum atomic E-state index is 14.3. The van der Waals surface area contributed by atoms with Crippen molar-refractivity contribution in [3.8, 4) is 0 Å². The van der Waals surface area contributed by atoms with Crippen LogP contribution >= 0.6 is 21.6 Å². The minimum atomic E-state index is -0.165. The van der Waals surface area contributed by atoms with E-state index in [0.717, 1.165) is 81.4 Å². The highest BCUT2D eigenvalue weighted by molar-refractivity contribution is 8.76. The lowest BCUT2D eigenvalue weighted by Gasteiger charge is -2.61. The maximum Gasteiger partial charge on any atom is 0.189 e. The maximum absolute atomic E-state index is 14.3. The van der Waals surface area contributed by atoms with Crippen LogP contribution in [-0.2, 0) is 4.79 Å². The first-order valence-electron chi connectivity index (χ1n) is 14.4. The summed E-state index contributed by atoms with van der Waals surface area (Å²) in [6, 6.07) is 0. The summed E-state index contributed by atoms with van der Waals surface area (Å²) in [5.74, 6) is 4.28. The summed E-state index contributed by atoms with van der Waals surface area (Å²) >= 11 is 0. The lowest BCUT2D eigenvalue weighted by molar-refractivity contribution is -0.140. The van der Waals surface area contributed by atoms with Gasteiger partial charge < -0.3 is 21.3 Å². The fourth-order valence-corrected chi connectivity index (χ4v) is 12.6. The third-order valence-corrected chi connectivity index (χ3v) is 13.8. The smallest absolute Gasteiger partial charge is 0.189 e. The molecule has 204 valence electrons. The van der Waals surface area contributed by atoms with E-state index in [2.05, 4.69) is 29.4 Å². The number of allylic oxidation sites excluding steroid dienone is 4. The predicted octanol–water partition coefficient (Wildman–Crippen LogP) is 4.08. The Kier molecular flexibility index (Phi) is 7.03. The number of aliphatic hydroxyl groups excluding tert-OH is 2. The molecule has 8 heteroatoms. The van der Waals surface area contributed by atoms with E-state index in [1.807, 2.05) is 21.6 Å². The van der Waals surface area contributed by atoms with E-state index in [1.54, 1.807) is 0 Å². The molecular weight excluding hydrogens is 502 g/mol. The zero-order chi connectivity index (χ0) is 25.8. The molecule has 6 nitrogen and oxygen atoms in total. The fourth-order valence-electron chi connectivity index (χ4n) is 9.78. The Morgan fingerprint density at radius 2 is 2.08 bits per heavy atom. The van der Waals surface area contributed by atoms with Crippen molar-refractivity contribution in [1.82, 2.24) is 5.32 Å². The van der Waals surface area contributed by atoms with Gasteiger partial charge in [0.15, 0.2) is 11.7 Å². The molecule has 2 spiro atoms. The normalized spacial score (nSPS) is 45.2. The van der Waals surface area contributed by atoms with Gasteiger partial charge in [0.25, 0.3) is 0 Å². The number of guanidine groups is 1. The Balaban J connectivity index is 1.43. The second-order valence-electron chi connectivity index (χ2n) is 12.7. The van der Waals surface area contributed by atoms with E-state index in [9.17, 15) is 15.0 Å². The molecule has 8 unspecified atom stereocenters. The molecule has 0 aromatic heterocycles. The summed E-state index contributed by atoms with van der Waals surface area (Å²) in [5, 5.41) is 23.8. The van der Waals surface area contributed by atoms with Crippen LogP contribution in [0.5, 0.6) is 0 Å². The van der Waals surface area contributed by atoms with Gasteiger partial charge in [0.05, 0.1) is 11.5 Å². The molecule has 0 aromatic rings. The van der Waals surface area contributed by atoms with Crippen LogP contribution in [0.3, 0.4) is 0 Å². The van der Waals surface area contributed by atoms with Crippen LogP contribution in [0.15, 0.2) is 28.3 Å². The summed E-state index contributed by atoms with van der Waals surface area (Å²) in [4.78, 5) is 18.6. The standard InChI is InChI=1S/C29H43N3O3S2/c1-27-10-13-36-37-17-28(9-11-31-26(30)32-28)8-2-5-21-23-15-20(27)14-19(16-34)24-18(4-3-12-33)6-7-22(25(21)35)29(23,24)27/h6-7,18-20,22,24,33-34H,2-5,8-17H2,1H3,(H3,30,31,32). The lowest BCUT2D eigenvalue weighted by atomic mass is 9.41. The highest BCUT2D eigenvalue weighted by Gasteiger charge is 2.74. The Morgan fingerprint density at radius 3 is 2.86 bits per heavy atom. The van der Waals surface area contributed by atoms with Crippen LogP contribution in [0.4, 0.5) is 0 Å². The molecule has 4 aliphatic carbocycles. The number of aliphatic hydroxyl groups is 2.